The Morgan fingerprint density at radius 1 is 0.634 bits per heavy atom. The molecule has 1 atom stereocenters. The summed E-state index contributed by atoms with van der Waals surface area (Å²) in [6, 6.07) is 33.0. The summed E-state index contributed by atoms with van der Waals surface area (Å²) in [4.78, 5) is 14.2. The summed E-state index contributed by atoms with van der Waals surface area (Å²) < 4.78 is 4.16. The molecule has 1 unspecified atom stereocenters. The zero-order valence-corrected chi connectivity index (χ0v) is 27.1. The molecule has 41 heavy (non-hydrogen) atoms. The van der Waals surface area contributed by atoms with E-state index in [1.54, 1.807) is 23.9 Å². The van der Waals surface area contributed by atoms with Gasteiger partial charge >= 0.3 is 0 Å². The average molecular weight is 636 g/mol. The molecule has 0 amide bonds. The van der Waals surface area contributed by atoms with E-state index in [1.807, 2.05) is 30.3 Å². The van der Waals surface area contributed by atoms with Crippen LogP contribution in [0.15, 0.2) is 127 Å². The first-order valence-electron chi connectivity index (χ1n) is 13.0. The molecule has 5 nitrogen and oxygen atoms in total. The minimum Gasteiger partial charge on any atom is -0.296 e. The number of nitrogens with one attached hydrogen (secondary N) is 2. The number of thioether (sulfide) groups is 1. The highest BCUT2D eigenvalue weighted by Crippen LogP contribution is 2.44. The molecular weight excluding hydrogens is 606 g/mol. The molecule has 2 N–H and O–H groups in total. The Hall–Kier alpha value is -2.69. The number of hydrogen-bond acceptors (Lipinski definition) is 9. The van der Waals surface area contributed by atoms with E-state index in [2.05, 4.69) is 108 Å². The molecule has 0 saturated heterocycles. The highest BCUT2D eigenvalue weighted by atomic mass is 35.5. The predicted molar refractivity (Wildman–Crippen MR) is 180 cm³/mol. The van der Waals surface area contributed by atoms with Gasteiger partial charge in [-0.2, -0.15) is 9.98 Å². The summed E-state index contributed by atoms with van der Waals surface area (Å²) in [5.74, 6) is 1.12. The number of rotatable bonds is 8. The first kappa shape index (κ1) is 29.8. The van der Waals surface area contributed by atoms with Crippen molar-refractivity contribution in [1.82, 2.24) is 13.7 Å². The molecular formula is C31H30ClN5S4. The van der Waals surface area contributed by atoms with Gasteiger partial charge in [0, 0.05) is 43.5 Å². The van der Waals surface area contributed by atoms with Crippen LogP contribution in [0, 0.1) is 27.7 Å². The normalized spacial score (nSPS) is 16.4. The lowest BCUT2D eigenvalue weighted by Crippen LogP contribution is -2.48. The van der Waals surface area contributed by atoms with Crippen molar-refractivity contribution in [2.45, 2.75) is 51.7 Å². The number of guanidine groups is 2. The van der Waals surface area contributed by atoms with Crippen LogP contribution in [-0.4, -0.2) is 20.1 Å². The minimum atomic E-state index is -1.32. The van der Waals surface area contributed by atoms with E-state index in [4.69, 9.17) is 21.6 Å². The topological polar surface area (TPSA) is 52.0 Å². The number of alkyl halides is 1. The van der Waals surface area contributed by atoms with Crippen molar-refractivity contribution >= 4 is 71.1 Å². The van der Waals surface area contributed by atoms with Crippen LogP contribution >= 0.6 is 59.2 Å². The Morgan fingerprint density at radius 2 is 1.07 bits per heavy atom. The van der Waals surface area contributed by atoms with E-state index in [1.165, 1.54) is 40.4 Å². The summed E-state index contributed by atoms with van der Waals surface area (Å²) in [7, 11) is 0. The van der Waals surface area contributed by atoms with Gasteiger partial charge in [-0.05, 0) is 86.2 Å². The van der Waals surface area contributed by atoms with Crippen molar-refractivity contribution in [2.75, 3.05) is 0 Å². The highest BCUT2D eigenvalue weighted by molar-refractivity contribution is 8.13. The second kappa shape index (κ2) is 13.5. The number of aliphatic imine (C=N–C) groups is 2. The van der Waals surface area contributed by atoms with Crippen LogP contribution in [0.5, 0.6) is 0 Å². The van der Waals surface area contributed by atoms with Gasteiger partial charge in [0.1, 0.15) is 0 Å². The molecule has 210 valence electrons. The molecule has 1 heterocycles. The Balaban J connectivity index is 1.52. The van der Waals surface area contributed by atoms with E-state index in [9.17, 15) is 0 Å². The van der Waals surface area contributed by atoms with Gasteiger partial charge in [-0.25, -0.2) is 3.71 Å². The fourth-order valence-electron chi connectivity index (χ4n) is 3.82. The van der Waals surface area contributed by atoms with Gasteiger partial charge in [0.15, 0.2) is 0 Å². The third-order valence-electron chi connectivity index (χ3n) is 6.13. The minimum absolute atomic E-state index is 0.528. The lowest BCUT2D eigenvalue weighted by Gasteiger charge is -2.32. The quantitative estimate of drug-likeness (QED) is 0.114. The fourth-order valence-corrected chi connectivity index (χ4v) is 7.88. The molecule has 0 saturated carbocycles. The van der Waals surface area contributed by atoms with E-state index < -0.39 is 4.45 Å². The average Bonchev–Trinajstić information content (AvgIpc) is 2.95. The van der Waals surface area contributed by atoms with Crippen molar-refractivity contribution < 1.29 is 0 Å². The predicted octanol–water partition coefficient (Wildman–Crippen LogP) is 9.19. The SMILES string of the molecule is Cc1ccccc1SNC1=NC(Cl)(Sc2ccccc2C)N=C(N(Sc2ccccc2C)Sc2ccccc2C)N1. The van der Waals surface area contributed by atoms with Gasteiger partial charge in [-0.15, -0.1) is 0 Å². The van der Waals surface area contributed by atoms with Gasteiger partial charge in [0.05, 0.1) is 0 Å². The van der Waals surface area contributed by atoms with Crippen molar-refractivity contribution in [2.24, 2.45) is 9.98 Å². The number of hydrogen-bond donors (Lipinski definition) is 2. The highest BCUT2D eigenvalue weighted by Gasteiger charge is 2.36. The second-order valence-corrected chi connectivity index (χ2v) is 14.4. The lowest BCUT2D eigenvalue weighted by molar-refractivity contribution is 0.815. The van der Waals surface area contributed by atoms with E-state index in [0.717, 1.165) is 25.1 Å². The third kappa shape index (κ3) is 7.78. The van der Waals surface area contributed by atoms with Gasteiger partial charge in [-0.1, -0.05) is 96.2 Å². The molecule has 0 bridgehead atoms. The van der Waals surface area contributed by atoms with Gasteiger partial charge in [0.25, 0.3) is 4.45 Å². The fraction of sp³-hybridized carbons (Fsp3) is 0.161. The Morgan fingerprint density at radius 3 is 1.56 bits per heavy atom. The van der Waals surface area contributed by atoms with Crippen LogP contribution in [-0.2, 0) is 0 Å². The largest absolute Gasteiger partial charge is 0.296 e. The van der Waals surface area contributed by atoms with E-state index in [-0.39, 0.29) is 0 Å². The standard InChI is InChI=1S/C31H30ClN5S4/c1-21-13-5-9-17-25(21)38-31(32)34-29(36-39-26-18-10-6-14-22(26)2)33-30(35-31)37(40-27-19-11-7-15-23(27)3)41-28-20-12-8-16-24(28)4/h5-20H,1-4H3,(H2,33,34,35,36). The number of aryl methyl sites for hydroxylation is 4. The first-order chi connectivity index (χ1) is 19.8. The van der Waals surface area contributed by atoms with Gasteiger partial charge in [0.2, 0.25) is 11.9 Å². The smallest absolute Gasteiger partial charge is 0.286 e. The lowest BCUT2D eigenvalue weighted by atomic mass is 10.2. The zero-order valence-electron chi connectivity index (χ0n) is 23.1. The van der Waals surface area contributed by atoms with Crippen LogP contribution < -0.4 is 10.0 Å². The first-order valence-corrected chi connectivity index (χ1v) is 16.5. The maximum Gasteiger partial charge on any atom is 0.286 e. The number of benzene rings is 4. The molecule has 10 heteroatoms. The summed E-state index contributed by atoms with van der Waals surface area (Å²) in [6.07, 6.45) is 0. The molecule has 0 aromatic heterocycles. The van der Waals surface area contributed by atoms with E-state index in [0.29, 0.717) is 11.9 Å². The summed E-state index contributed by atoms with van der Waals surface area (Å²) >= 11 is 13.4. The van der Waals surface area contributed by atoms with Crippen molar-refractivity contribution in [3.63, 3.8) is 0 Å². The Kier molecular flexibility index (Phi) is 9.83. The molecule has 0 spiro atoms. The third-order valence-corrected chi connectivity index (χ3v) is 11.1. The van der Waals surface area contributed by atoms with Crippen molar-refractivity contribution in [3.05, 3.63) is 119 Å². The van der Waals surface area contributed by atoms with Crippen LogP contribution in [0.1, 0.15) is 22.3 Å². The molecule has 1 aliphatic heterocycles. The van der Waals surface area contributed by atoms with Gasteiger partial charge in [-0.3, -0.25) is 10.0 Å². The molecule has 4 aromatic carbocycles. The second-order valence-electron chi connectivity index (χ2n) is 9.36. The summed E-state index contributed by atoms with van der Waals surface area (Å²) in [5, 5.41) is 3.43. The molecule has 0 fully saturated rings. The Bertz CT molecular complexity index is 1550. The van der Waals surface area contributed by atoms with Gasteiger partial charge < -0.3 is 0 Å². The maximum atomic E-state index is 7.25. The summed E-state index contributed by atoms with van der Waals surface area (Å²) in [5.41, 5.74) is 4.65. The van der Waals surface area contributed by atoms with E-state index >= 15 is 0 Å². The Labute approximate surface area is 264 Å². The molecule has 5 rings (SSSR count). The molecule has 0 aliphatic carbocycles. The summed E-state index contributed by atoms with van der Waals surface area (Å²) in [6.45, 7) is 8.39. The molecule has 1 aliphatic rings. The van der Waals surface area contributed by atoms with Crippen LogP contribution in [0.3, 0.4) is 0 Å². The van der Waals surface area contributed by atoms with Crippen molar-refractivity contribution in [1.29, 1.82) is 0 Å². The molecule has 0 radical (unpaired) electrons. The number of nitrogens with zero attached hydrogens (tertiary/aromatic N) is 3. The van der Waals surface area contributed by atoms with Crippen LogP contribution in [0.4, 0.5) is 0 Å². The number of halogens is 1. The van der Waals surface area contributed by atoms with Crippen molar-refractivity contribution in [3.8, 4) is 0 Å². The zero-order chi connectivity index (χ0) is 28.8. The maximum absolute atomic E-state index is 7.25. The monoisotopic (exact) mass is 635 g/mol. The van der Waals surface area contributed by atoms with Crippen LogP contribution in [0.2, 0.25) is 0 Å². The van der Waals surface area contributed by atoms with Crippen LogP contribution in [0.25, 0.3) is 0 Å². The molecule has 4 aromatic rings.